The first-order chi connectivity index (χ1) is 21.6. The molecule has 0 aliphatic carbocycles. The van der Waals surface area contributed by atoms with Gasteiger partial charge in [-0.3, -0.25) is 0 Å². The zero-order valence-corrected chi connectivity index (χ0v) is 30.1. The summed E-state index contributed by atoms with van der Waals surface area (Å²) in [5, 5.41) is 5.04. The average molecular weight is 692 g/mol. The van der Waals surface area contributed by atoms with E-state index in [4.69, 9.17) is 8.83 Å². The summed E-state index contributed by atoms with van der Waals surface area (Å²) < 4.78 is 11.5. The summed E-state index contributed by atoms with van der Waals surface area (Å²) in [6, 6.07) is 50.8. The van der Waals surface area contributed by atoms with Crippen molar-refractivity contribution in [3.05, 3.63) is 172 Å². The molecule has 46 heavy (non-hydrogen) atoms. The third kappa shape index (κ3) is 7.41. The molecule has 0 bridgehead atoms. The molecule has 0 aliphatic heterocycles. The molecule has 0 N–H and O–H groups in total. The number of rotatable bonds is 4. The van der Waals surface area contributed by atoms with Crippen LogP contribution in [0, 0.1) is 28.7 Å². The molecule has 0 amide bonds. The quantitative estimate of drug-likeness (QED) is 0.136. The number of fused-ring (bicyclic) bond motifs is 2. The number of furan rings is 2. The number of hydrogen-bond acceptors (Lipinski definition) is 2. The van der Waals surface area contributed by atoms with Gasteiger partial charge in [-0.25, -0.2) is 0 Å². The minimum absolute atomic E-state index is 0. The molecular weight excluding hydrogens is 656 g/mol. The van der Waals surface area contributed by atoms with Crippen molar-refractivity contribution < 1.29 is 32.2 Å². The van der Waals surface area contributed by atoms with Crippen LogP contribution in [0.4, 0.5) is 0 Å². The summed E-state index contributed by atoms with van der Waals surface area (Å²) in [4.78, 5) is 0. The predicted molar refractivity (Wildman–Crippen MR) is 193 cm³/mol. The van der Waals surface area contributed by atoms with Gasteiger partial charge in [0.05, 0.1) is 23.0 Å². The Balaban J connectivity index is 0.000000190. The van der Waals surface area contributed by atoms with Crippen LogP contribution in [-0.4, -0.2) is 6.88 Å². The van der Waals surface area contributed by atoms with Crippen molar-refractivity contribution in [3.8, 4) is 44.9 Å². The standard InChI is InChI=1S/2C20H15O.2CH3.Si.Zr/c2*1-14-10-11-20(21-14)17-12-16-8-5-9-18(19(16)13-17)15-6-3-2-4-7-15;;;;/h2*2-13H,1H3;2*1H3;;/q4*-1;;. The summed E-state index contributed by atoms with van der Waals surface area (Å²) in [5.74, 6) is 3.75. The van der Waals surface area contributed by atoms with Crippen molar-refractivity contribution in [2.75, 3.05) is 0 Å². The fraction of sp³-hybridized carbons (Fsp3) is 0.0476. The molecular formula is C42H36O2SiZr-4. The third-order valence-electron chi connectivity index (χ3n) is 7.72. The zero-order valence-electron chi connectivity index (χ0n) is 26.7. The predicted octanol–water partition coefficient (Wildman–Crippen LogP) is 12.1. The van der Waals surface area contributed by atoms with Gasteiger partial charge < -0.3 is 23.7 Å². The van der Waals surface area contributed by atoms with Gasteiger partial charge >= 0.3 is 30.2 Å². The molecule has 8 rings (SSSR count). The van der Waals surface area contributed by atoms with E-state index in [1.807, 2.05) is 50.2 Å². The van der Waals surface area contributed by atoms with Crippen molar-refractivity contribution in [1.82, 2.24) is 0 Å². The van der Waals surface area contributed by atoms with Crippen LogP contribution in [0.1, 0.15) is 11.5 Å². The molecule has 4 heteroatoms. The van der Waals surface area contributed by atoms with Crippen LogP contribution in [0.2, 0.25) is 0 Å². The minimum atomic E-state index is 0. The van der Waals surface area contributed by atoms with Crippen LogP contribution in [-0.2, 0) is 23.3 Å². The zero-order chi connectivity index (χ0) is 30.5. The van der Waals surface area contributed by atoms with E-state index in [2.05, 4.69) is 116 Å². The van der Waals surface area contributed by atoms with Crippen molar-refractivity contribution in [3.63, 3.8) is 0 Å². The second kappa shape index (κ2) is 15.9. The van der Waals surface area contributed by atoms with Crippen LogP contribution in [0.3, 0.4) is 0 Å². The topological polar surface area (TPSA) is 26.3 Å². The Kier molecular flexibility index (Phi) is 11.9. The maximum absolute atomic E-state index is 5.74. The van der Waals surface area contributed by atoms with Crippen LogP contribution in [0.15, 0.2) is 154 Å². The number of aryl methyl sites for hydroxylation is 2. The van der Waals surface area contributed by atoms with Gasteiger partial charge in [-0.2, -0.15) is 0 Å². The van der Waals surface area contributed by atoms with Crippen molar-refractivity contribution in [2.45, 2.75) is 13.8 Å². The van der Waals surface area contributed by atoms with Gasteiger partial charge in [0.2, 0.25) is 0 Å². The van der Waals surface area contributed by atoms with E-state index in [-0.39, 0.29) is 14.9 Å². The molecule has 0 aliphatic rings. The molecule has 228 valence electrons. The Bertz CT molecular complexity index is 1970. The van der Waals surface area contributed by atoms with Gasteiger partial charge in [0.1, 0.15) is 0 Å². The van der Waals surface area contributed by atoms with Crippen molar-refractivity contribution in [1.29, 1.82) is 0 Å². The van der Waals surface area contributed by atoms with E-state index in [0.29, 0.717) is 0 Å². The van der Waals surface area contributed by atoms with Gasteiger partial charge in [0.25, 0.3) is 0 Å². The first-order valence-corrected chi connectivity index (χ1v) is 18.7. The molecule has 2 radical (unpaired) electrons. The second-order valence-electron chi connectivity index (χ2n) is 10.7. The van der Waals surface area contributed by atoms with Crippen molar-refractivity contribution in [2.24, 2.45) is 0 Å². The second-order valence-corrected chi connectivity index (χ2v) is 10.7. The van der Waals surface area contributed by atoms with Gasteiger partial charge in [0.15, 0.2) is 0 Å². The maximum atomic E-state index is 5.74. The molecule has 6 aromatic carbocycles. The number of hydrogen-bond donors (Lipinski definition) is 0. The molecule has 0 atom stereocenters. The fourth-order valence-electron chi connectivity index (χ4n) is 5.67. The Hall–Kier alpha value is -4.24. The third-order valence-corrected chi connectivity index (χ3v) is 7.72. The van der Waals surface area contributed by atoms with E-state index in [0.717, 1.165) is 34.2 Å². The van der Waals surface area contributed by atoms with E-state index in [1.54, 1.807) is 0 Å². The van der Waals surface area contributed by atoms with Crippen LogP contribution in [0.5, 0.6) is 0 Å². The Morgan fingerprint density at radius 2 is 0.870 bits per heavy atom. The molecule has 0 unspecified atom stereocenters. The SMILES string of the molecule is Cc1ccc(-c2cc3c(-c4ccccc4)cccc3[cH-]2)o1.Cc1ccc(-c2cc3c(-c4ccccc4)cccc3[cH-]2)o1.[CH3-].[CH3-].[Si]=[Zr]. The number of benzene rings is 4. The first kappa shape index (κ1) is 34.6. The Labute approximate surface area is 289 Å². The first-order valence-electron chi connectivity index (χ1n) is 14.5. The molecule has 0 saturated carbocycles. The summed E-state index contributed by atoms with van der Waals surface area (Å²) >= 11 is 1.36. The Morgan fingerprint density at radius 1 is 0.478 bits per heavy atom. The van der Waals surface area contributed by atoms with E-state index in [9.17, 15) is 0 Å². The van der Waals surface area contributed by atoms with Gasteiger partial charge in [0, 0.05) is 0 Å². The monoisotopic (exact) mass is 690 g/mol. The Morgan fingerprint density at radius 3 is 1.22 bits per heavy atom. The summed E-state index contributed by atoms with van der Waals surface area (Å²) in [6.45, 7) is 7.01. The normalized spacial score (nSPS) is 10.2. The van der Waals surface area contributed by atoms with Crippen LogP contribution >= 0.6 is 0 Å². The summed E-state index contributed by atoms with van der Waals surface area (Å²) in [5.41, 5.74) is 7.31. The molecule has 0 spiro atoms. The molecule has 2 aromatic heterocycles. The molecule has 0 fully saturated rings. The van der Waals surface area contributed by atoms with Gasteiger partial charge in [-0.05, 0) is 49.2 Å². The summed E-state index contributed by atoms with van der Waals surface area (Å²) in [7, 11) is 0. The van der Waals surface area contributed by atoms with Gasteiger partial charge in [-0.15, -0.1) is 57.9 Å². The molecule has 2 heterocycles. The molecule has 0 saturated heterocycles. The van der Waals surface area contributed by atoms with E-state index in [1.165, 1.54) is 67.1 Å². The van der Waals surface area contributed by atoms with Crippen molar-refractivity contribution >= 4 is 28.4 Å². The van der Waals surface area contributed by atoms with Crippen LogP contribution < -0.4 is 0 Å². The summed E-state index contributed by atoms with van der Waals surface area (Å²) in [6.07, 6.45) is 0. The van der Waals surface area contributed by atoms with Gasteiger partial charge in [-0.1, -0.05) is 107 Å². The molecule has 8 aromatic rings. The van der Waals surface area contributed by atoms with E-state index < -0.39 is 0 Å². The molecule has 2 nitrogen and oxygen atoms in total. The fourth-order valence-corrected chi connectivity index (χ4v) is 5.67. The average Bonchev–Trinajstić information content (AvgIpc) is 3.89. The van der Waals surface area contributed by atoms with Crippen LogP contribution in [0.25, 0.3) is 66.4 Å². The van der Waals surface area contributed by atoms with E-state index >= 15 is 0 Å².